The summed E-state index contributed by atoms with van der Waals surface area (Å²) < 4.78 is 24.5. The van der Waals surface area contributed by atoms with E-state index in [-0.39, 0.29) is 15.4 Å². The summed E-state index contributed by atoms with van der Waals surface area (Å²) in [6.45, 7) is 2.34. The van der Waals surface area contributed by atoms with Crippen molar-refractivity contribution in [1.29, 1.82) is 0 Å². The van der Waals surface area contributed by atoms with E-state index in [2.05, 4.69) is 6.92 Å². The van der Waals surface area contributed by atoms with E-state index in [0.29, 0.717) is 0 Å². The maximum absolute atomic E-state index is 12.3. The molecule has 2 aliphatic rings. The number of hydrogen-bond acceptors (Lipinski definition) is 0. The van der Waals surface area contributed by atoms with Crippen LogP contribution in [0.25, 0.3) is 0 Å². The molecule has 0 radical (unpaired) electrons. The molecule has 0 nitrogen and oxygen atoms in total. The molecule has 0 atom stereocenters. The molecule has 110 valence electrons. The van der Waals surface area contributed by atoms with Crippen molar-refractivity contribution in [2.24, 2.45) is 17.8 Å². The summed E-state index contributed by atoms with van der Waals surface area (Å²) >= 11 is 0. The average Bonchev–Trinajstić information content (AvgIpc) is 2.40. The molecular weight excluding hydrogens is 258 g/mol. The lowest BCUT2D eigenvalue weighted by atomic mass is 9.71. The van der Waals surface area contributed by atoms with Crippen LogP contribution in [0.15, 0.2) is 12.2 Å². The molecule has 19 heavy (non-hydrogen) atoms. The summed E-state index contributed by atoms with van der Waals surface area (Å²) in [5.41, 5.74) is 1.11. The largest absolute Gasteiger partial charge is 0.266 e. The molecule has 2 saturated carbocycles. The van der Waals surface area contributed by atoms with E-state index in [1.54, 1.807) is 0 Å². The first-order valence-corrected chi connectivity index (χ1v) is 10.0. The molecule has 0 spiro atoms. The van der Waals surface area contributed by atoms with E-state index >= 15 is 0 Å². The van der Waals surface area contributed by atoms with Crippen LogP contribution >= 0.6 is 0 Å². The monoisotopic (exact) mass is 286 g/mol. The second kappa shape index (κ2) is 7.56. The molecule has 0 aromatic heterocycles. The predicted molar refractivity (Wildman–Crippen MR) is 80.5 cm³/mol. The summed E-state index contributed by atoms with van der Waals surface area (Å²) in [6, 6.07) is 1.46. The zero-order chi connectivity index (χ0) is 13.7. The Bertz CT molecular complexity index is 283. The molecular formula is C16H28F2Si. The predicted octanol–water partition coefficient (Wildman–Crippen LogP) is 5.16. The lowest BCUT2D eigenvalue weighted by Crippen LogP contribution is -2.25. The van der Waals surface area contributed by atoms with Gasteiger partial charge in [0.15, 0.2) is 0 Å². The molecule has 0 unspecified atom stereocenters. The number of halogens is 2. The molecule has 2 aliphatic carbocycles. The highest BCUT2D eigenvalue weighted by Gasteiger charge is 2.30. The molecule has 0 aromatic rings. The van der Waals surface area contributed by atoms with Gasteiger partial charge in [0.2, 0.25) is 0 Å². The number of allylic oxidation sites excluding steroid dienone is 1. The third-order valence-electron chi connectivity index (χ3n) is 5.43. The highest BCUT2D eigenvalue weighted by atomic mass is 28.2. The molecule has 2 fully saturated rings. The van der Waals surface area contributed by atoms with E-state index in [9.17, 15) is 8.78 Å². The van der Waals surface area contributed by atoms with Gasteiger partial charge in [-0.15, -0.1) is 0 Å². The van der Waals surface area contributed by atoms with Gasteiger partial charge in [0.05, 0.1) is 0 Å². The third kappa shape index (κ3) is 4.69. The Morgan fingerprint density at radius 2 is 1.47 bits per heavy atom. The Morgan fingerprint density at radius 1 is 0.947 bits per heavy atom. The van der Waals surface area contributed by atoms with Crippen LogP contribution in [-0.2, 0) is 0 Å². The van der Waals surface area contributed by atoms with Gasteiger partial charge in [-0.2, -0.15) is 8.78 Å². The summed E-state index contributed by atoms with van der Waals surface area (Å²) in [4.78, 5) is 0. The van der Waals surface area contributed by atoms with Crippen molar-refractivity contribution in [3.05, 3.63) is 12.2 Å². The lowest BCUT2D eigenvalue weighted by Gasteiger charge is -2.37. The molecule has 0 aromatic carbocycles. The van der Waals surface area contributed by atoms with Gasteiger partial charge in [0.25, 0.3) is 6.08 Å². The van der Waals surface area contributed by atoms with Gasteiger partial charge in [0.1, 0.15) is 0 Å². The quantitative estimate of drug-likeness (QED) is 0.626. The minimum Gasteiger partial charge on any atom is -0.174 e. The second-order valence-electron chi connectivity index (χ2n) is 6.70. The van der Waals surface area contributed by atoms with E-state index in [4.69, 9.17) is 0 Å². The van der Waals surface area contributed by atoms with Crippen molar-refractivity contribution in [1.82, 2.24) is 0 Å². The third-order valence-corrected chi connectivity index (χ3v) is 7.64. The van der Waals surface area contributed by atoms with E-state index in [1.165, 1.54) is 50.6 Å². The van der Waals surface area contributed by atoms with Crippen molar-refractivity contribution in [2.45, 2.75) is 69.9 Å². The zero-order valence-electron chi connectivity index (χ0n) is 12.2. The van der Waals surface area contributed by atoms with Crippen LogP contribution in [-0.4, -0.2) is 9.52 Å². The minimum absolute atomic E-state index is 0.157. The highest BCUT2D eigenvalue weighted by Crippen LogP contribution is 2.43. The number of hydrogen-bond donors (Lipinski definition) is 0. The van der Waals surface area contributed by atoms with Gasteiger partial charge in [-0.1, -0.05) is 44.2 Å². The summed E-state index contributed by atoms with van der Waals surface area (Å²) in [5.74, 6) is 1.92. The smallest absolute Gasteiger partial charge is 0.174 e. The van der Waals surface area contributed by atoms with Crippen molar-refractivity contribution >= 4 is 9.52 Å². The fourth-order valence-electron chi connectivity index (χ4n) is 4.32. The van der Waals surface area contributed by atoms with Crippen molar-refractivity contribution in [2.75, 3.05) is 0 Å². The Labute approximate surface area is 118 Å². The van der Waals surface area contributed by atoms with Crippen LogP contribution in [0, 0.1) is 17.8 Å². The first-order valence-electron chi connectivity index (χ1n) is 8.21. The van der Waals surface area contributed by atoms with Gasteiger partial charge in [0, 0.05) is 9.52 Å². The lowest BCUT2D eigenvalue weighted by molar-refractivity contribution is 0.178. The van der Waals surface area contributed by atoms with E-state index in [0.717, 1.165) is 30.2 Å². The molecule has 0 aliphatic heterocycles. The average molecular weight is 286 g/mol. The van der Waals surface area contributed by atoms with Crippen LogP contribution in [0.2, 0.25) is 11.6 Å². The van der Waals surface area contributed by atoms with Crippen LogP contribution in [0.5, 0.6) is 0 Å². The minimum atomic E-state index is -1.48. The second-order valence-corrected chi connectivity index (χ2v) is 9.43. The van der Waals surface area contributed by atoms with Crippen LogP contribution in [0.1, 0.15) is 58.3 Å². The molecule has 0 amide bonds. The maximum atomic E-state index is 12.3. The van der Waals surface area contributed by atoms with Gasteiger partial charge in [-0.25, -0.2) is 0 Å². The topological polar surface area (TPSA) is 0 Å². The Hall–Kier alpha value is -0.183. The van der Waals surface area contributed by atoms with Crippen LogP contribution in [0.4, 0.5) is 8.78 Å². The van der Waals surface area contributed by atoms with Crippen molar-refractivity contribution in [3.8, 4) is 0 Å². The summed E-state index contributed by atoms with van der Waals surface area (Å²) in [7, 11) is 0.212. The summed E-state index contributed by atoms with van der Waals surface area (Å²) in [6.07, 6.45) is 9.89. The Morgan fingerprint density at radius 3 is 1.95 bits per heavy atom. The zero-order valence-corrected chi connectivity index (χ0v) is 13.6. The fourth-order valence-corrected chi connectivity index (χ4v) is 6.18. The molecule has 3 heteroatoms. The van der Waals surface area contributed by atoms with Crippen LogP contribution in [0.3, 0.4) is 0 Å². The Balaban J connectivity index is 1.72. The van der Waals surface area contributed by atoms with E-state index in [1.807, 2.05) is 0 Å². The normalized spacial score (nSPS) is 36.6. The van der Waals surface area contributed by atoms with Gasteiger partial charge in [-0.3, -0.25) is 0 Å². The van der Waals surface area contributed by atoms with Gasteiger partial charge >= 0.3 is 0 Å². The molecule has 0 saturated heterocycles. The maximum Gasteiger partial charge on any atom is 0.266 e. The molecule has 2 rings (SSSR count). The van der Waals surface area contributed by atoms with Crippen molar-refractivity contribution < 1.29 is 8.78 Å². The number of rotatable bonds is 4. The highest BCUT2D eigenvalue weighted by molar-refractivity contribution is 6.37. The first kappa shape index (κ1) is 15.2. The van der Waals surface area contributed by atoms with Crippen molar-refractivity contribution in [3.63, 3.8) is 0 Å². The standard InChI is InChI=1S/C16H28F2Si/c1-2-19-15-9-7-14(8-10-15)13-5-3-12(4-6-13)11-16(17)18/h11-15H,2-10,19H2,1H3. The molecule has 0 heterocycles. The van der Waals surface area contributed by atoms with Gasteiger partial charge in [-0.05, 0) is 49.5 Å². The van der Waals surface area contributed by atoms with Gasteiger partial charge < -0.3 is 0 Å². The summed E-state index contributed by atoms with van der Waals surface area (Å²) in [5, 5.41) is 0. The molecule has 0 bridgehead atoms. The first-order chi connectivity index (χ1) is 9.19. The fraction of sp³-hybridized carbons (Fsp3) is 0.875. The SMILES string of the molecule is CC[SiH2]C1CCC(C2CCC(C=C(F)F)CC2)CC1. The Kier molecular flexibility index (Phi) is 6.05. The van der Waals surface area contributed by atoms with Crippen LogP contribution < -0.4 is 0 Å². The van der Waals surface area contributed by atoms with E-state index < -0.39 is 6.08 Å². The molecule has 0 N–H and O–H groups in total.